The predicted octanol–water partition coefficient (Wildman–Crippen LogP) is 5.87. The van der Waals surface area contributed by atoms with E-state index in [9.17, 15) is 4.79 Å². The van der Waals surface area contributed by atoms with E-state index in [1.807, 2.05) is 54.6 Å². The molecule has 0 aliphatic heterocycles. The quantitative estimate of drug-likeness (QED) is 0.565. The standard InChI is InChI=1S/C21H18ClNO2/c1-15(24)20-13-17(22)7-12-21(20)23-18-8-10-19(11-9-18)25-14-16-5-3-2-4-6-16/h2-13,23H,14H2,1H3. The van der Waals surface area contributed by atoms with Gasteiger partial charge < -0.3 is 10.1 Å². The molecule has 0 unspecified atom stereocenters. The number of carbonyl (C=O) groups is 1. The number of nitrogens with one attached hydrogen (secondary N) is 1. The van der Waals surface area contributed by atoms with Crippen molar-refractivity contribution in [2.45, 2.75) is 13.5 Å². The summed E-state index contributed by atoms with van der Waals surface area (Å²) >= 11 is 5.97. The number of carbonyl (C=O) groups excluding carboxylic acids is 1. The minimum absolute atomic E-state index is 0.0344. The highest BCUT2D eigenvalue weighted by molar-refractivity contribution is 6.31. The fourth-order valence-corrected chi connectivity index (χ4v) is 2.62. The summed E-state index contributed by atoms with van der Waals surface area (Å²) < 4.78 is 5.78. The van der Waals surface area contributed by atoms with Crippen LogP contribution in [0.25, 0.3) is 0 Å². The molecule has 25 heavy (non-hydrogen) atoms. The zero-order valence-electron chi connectivity index (χ0n) is 13.8. The number of ketones is 1. The third-order valence-corrected chi connectivity index (χ3v) is 3.98. The minimum atomic E-state index is -0.0344. The number of hydrogen-bond acceptors (Lipinski definition) is 3. The fourth-order valence-electron chi connectivity index (χ4n) is 2.45. The average Bonchev–Trinajstić information content (AvgIpc) is 2.63. The molecule has 0 radical (unpaired) electrons. The SMILES string of the molecule is CC(=O)c1cc(Cl)ccc1Nc1ccc(OCc2ccccc2)cc1. The molecule has 3 aromatic rings. The maximum atomic E-state index is 11.8. The molecule has 0 saturated carbocycles. The molecule has 4 heteroatoms. The number of ether oxygens (including phenoxy) is 1. The van der Waals surface area contributed by atoms with Gasteiger partial charge in [-0.2, -0.15) is 0 Å². The molecule has 0 heterocycles. The van der Waals surface area contributed by atoms with E-state index in [1.165, 1.54) is 6.92 Å². The van der Waals surface area contributed by atoms with E-state index in [1.54, 1.807) is 18.2 Å². The monoisotopic (exact) mass is 351 g/mol. The van der Waals surface area contributed by atoms with E-state index >= 15 is 0 Å². The van der Waals surface area contributed by atoms with Gasteiger partial charge in [0.25, 0.3) is 0 Å². The van der Waals surface area contributed by atoms with Crippen LogP contribution in [0.1, 0.15) is 22.8 Å². The number of benzene rings is 3. The van der Waals surface area contributed by atoms with Crippen LogP contribution in [0.15, 0.2) is 72.8 Å². The highest BCUT2D eigenvalue weighted by atomic mass is 35.5. The van der Waals surface area contributed by atoms with Crippen molar-refractivity contribution >= 4 is 28.8 Å². The fraction of sp³-hybridized carbons (Fsp3) is 0.0952. The molecular weight excluding hydrogens is 334 g/mol. The molecular formula is C21H18ClNO2. The first-order valence-corrected chi connectivity index (χ1v) is 8.34. The van der Waals surface area contributed by atoms with Gasteiger partial charge in [0, 0.05) is 22.0 Å². The van der Waals surface area contributed by atoms with Gasteiger partial charge in [0.1, 0.15) is 12.4 Å². The van der Waals surface area contributed by atoms with Crippen molar-refractivity contribution in [2.24, 2.45) is 0 Å². The van der Waals surface area contributed by atoms with Crippen LogP contribution in [0.5, 0.6) is 5.75 Å². The van der Waals surface area contributed by atoms with Gasteiger partial charge >= 0.3 is 0 Å². The lowest BCUT2D eigenvalue weighted by Gasteiger charge is -2.12. The Labute approximate surface area is 152 Å². The molecule has 0 saturated heterocycles. The van der Waals surface area contributed by atoms with Gasteiger partial charge in [-0.25, -0.2) is 0 Å². The second-order valence-electron chi connectivity index (χ2n) is 5.67. The van der Waals surface area contributed by atoms with E-state index in [2.05, 4.69) is 5.32 Å². The summed E-state index contributed by atoms with van der Waals surface area (Å²) in [6.07, 6.45) is 0. The van der Waals surface area contributed by atoms with E-state index in [0.717, 1.165) is 22.7 Å². The first kappa shape index (κ1) is 17.1. The molecule has 3 aromatic carbocycles. The zero-order chi connectivity index (χ0) is 17.6. The van der Waals surface area contributed by atoms with E-state index < -0.39 is 0 Å². The molecule has 0 aliphatic carbocycles. The smallest absolute Gasteiger partial charge is 0.161 e. The second-order valence-corrected chi connectivity index (χ2v) is 6.11. The lowest BCUT2D eigenvalue weighted by molar-refractivity contribution is 0.101. The second kappa shape index (κ2) is 7.86. The minimum Gasteiger partial charge on any atom is -0.489 e. The summed E-state index contributed by atoms with van der Waals surface area (Å²) in [6, 6.07) is 22.9. The van der Waals surface area contributed by atoms with Crippen molar-refractivity contribution in [2.75, 3.05) is 5.32 Å². The third kappa shape index (κ3) is 4.61. The summed E-state index contributed by atoms with van der Waals surface area (Å²) in [7, 11) is 0. The van der Waals surface area contributed by atoms with Gasteiger partial charge in [0.05, 0.1) is 0 Å². The Balaban J connectivity index is 1.68. The van der Waals surface area contributed by atoms with Crippen LogP contribution in [0, 0.1) is 0 Å². The summed E-state index contributed by atoms with van der Waals surface area (Å²) in [5.74, 6) is 0.755. The molecule has 0 bridgehead atoms. The molecule has 126 valence electrons. The van der Waals surface area contributed by atoms with Gasteiger partial charge in [-0.05, 0) is 55.0 Å². The zero-order valence-corrected chi connectivity index (χ0v) is 14.6. The maximum absolute atomic E-state index is 11.8. The number of anilines is 2. The molecule has 3 rings (SSSR count). The summed E-state index contributed by atoms with van der Waals surface area (Å²) in [5.41, 5.74) is 3.29. The van der Waals surface area contributed by atoms with Crippen molar-refractivity contribution in [1.82, 2.24) is 0 Å². The Morgan fingerprint density at radius 1 is 1.00 bits per heavy atom. The topological polar surface area (TPSA) is 38.3 Å². The van der Waals surface area contributed by atoms with Crippen molar-refractivity contribution in [3.05, 3.63) is 88.9 Å². The highest BCUT2D eigenvalue weighted by Gasteiger charge is 2.08. The molecule has 0 aromatic heterocycles. The van der Waals surface area contributed by atoms with Gasteiger partial charge in [-0.1, -0.05) is 41.9 Å². The van der Waals surface area contributed by atoms with Crippen molar-refractivity contribution in [1.29, 1.82) is 0 Å². The van der Waals surface area contributed by atoms with Crippen molar-refractivity contribution < 1.29 is 9.53 Å². The molecule has 0 spiro atoms. The van der Waals surface area contributed by atoms with E-state index in [0.29, 0.717) is 17.2 Å². The van der Waals surface area contributed by atoms with E-state index in [4.69, 9.17) is 16.3 Å². The average molecular weight is 352 g/mol. The van der Waals surface area contributed by atoms with Crippen LogP contribution in [-0.4, -0.2) is 5.78 Å². The van der Waals surface area contributed by atoms with Gasteiger partial charge in [-0.15, -0.1) is 0 Å². The molecule has 0 amide bonds. The number of Topliss-reactive ketones (excluding diaryl/α,β-unsaturated/α-hetero) is 1. The van der Waals surface area contributed by atoms with Gasteiger partial charge in [-0.3, -0.25) is 4.79 Å². The van der Waals surface area contributed by atoms with Crippen molar-refractivity contribution in [3.8, 4) is 5.75 Å². The summed E-state index contributed by atoms with van der Waals surface area (Å²) in [4.78, 5) is 11.8. The molecule has 1 N–H and O–H groups in total. The lowest BCUT2D eigenvalue weighted by Crippen LogP contribution is -2.00. The summed E-state index contributed by atoms with van der Waals surface area (Å²) in [6.45, 7) is 2.05. The van der Waals surface area contributed by atoms with Crippen LogP contribution in [0.3, 0.4) is 0 Å². The first-order chi connectivity index (χ1) is 12.1. The van der Waals surface area contributed by atoms with Crippen LogP contribution < -0.4 is 10.1 Å². The van der Waals surface area contributed by atoms with Crippen LogP contribution in [0.2, 0.25) is 5.02 Å². The Hall–Kier alpha value is -2.78. The Morgan fingerprint density at radius 2 is 1.72 bits per heavy atom. The molecule has 0 aliphatic rings. The molecule has 0 fully saturated rings. The normalized spacial score (nSPS) is 10.3. The number of hydrogen-bond donors (Lipinski definition) is 1. The Kier molecular flexibility index (Phi) is 5.36. The molecule has 3 nitrogen and oxygen atoms in total. The Morgan fingerprint density at radius 3 is 2.40 bits per heavy atom. The van der Waals surface area contributed by atoms with Crippen LogP contribution in [0.4, 0.5) is 11.4 Å². The third-order valence-electron chi connectivity index (χ3n) is 3.74. The Bertz CT molecular complexity index is 861. The maximum Gasteiger partial charge on any atom is 0.161 e. The largest absolute Gasteiger partial charge is 0.489 e. The number of rotatable bonds is 6. The van der Waals surface area contributed by atoms with Gasteiger partial charge in [0.15, 0.2) is 5.78 Å². The summed E-state index contributed by atoms with van der Waals surface area (Å²) in [5, 5.41) is 3.79. The predicted molar refractivity (Wildman–Crippen MR) is 102 cm³/mol. The van der Waals surface area contributed by atoms with Crippen LogP contribution >= 0.6 is 11.6 Å². The van der Waals surface area contributed by atoms with Crippen molar-refractivity contribution in [3.63, 3.8) is 0 Å². The van der Waals surface area contributed by atoms with Crippen LogP contribution in [-0.2, 0) is 6.61 Å². The molecule has 0 atom stereocenters. The lowest BCUT2D eigenvalue weighted by atomic mass is 10.1. The van der Waals surface area contributed by atoms with Gasteiger partial charge in [0.2, 0.25) is 0 Å². The van der Waals surface area contributed by atoms with E-state index in [-0.39, 0.29) is 5.78 Å². The number of halogens is 1. The highest BCUT2D eigenvalue weighted by Crippen LogP contribution is 2.26. The first-order valence-electron chi connectivity index (χ1n) is 7.96.